The topological polar surface area (TPSA) is 63.1 Å². The third-order valence-corrected chi connectivity index (χ3v) is 10.7. The molecule has 0 spiro atoms. The molecule has 3 aromatic heterocycles. The largest absolute Gasteiger partial charge is 0.512 e. The second-order valence-corrected chi connectivity index (χ2v) is 14.7. The van der Waals surface area contributed by atoms with Gasteiger partial charge in [-0.25, -0.2) is 4.98 Å². The molecule has 5 rings (SSSR count). The van der Waals surface area contributed by atoms with E-state index in [-0.39, 0.29) is 47.9 Å². The summed E-state index contributed by atoms with van der Waals surface area (Å²) in [6, 6.07) is 22.8. The summed E-state index contributed by atoms with van der Waals surface area (Å²) < 4.78 is 0. The quantitative estimate of drug-likeness (QED) is 0.0913. The van der Waals surface area contributed by atoms with E-state index < -0.39 is 0 Å². The zero-order chi connectivity index (χ0) is 33.7. The summed E-state index contributed by atoms with van der Waals surface area (Å²) in [7, 11) is 0. The molecule has 47 heavy (non-hydrogen) atoms. The monoisotopic (exact) mass is 826 g/mol. The van der Waals surface area contributed by atoms with Gasteiger partial charge in [0, 0.05) is 66.0 Å². The number of fused-ring (bicyclic) bond motifs is 2. The summed E-state index contributed by atoms with van der Waals surface area (Å²) in [5.41, 5.74) is 4.94. The van der Waals surface area contributed by atoms with Crippen molar-refractivity contribution >= 4 is 38.1 Å². The fourth-order valence-electron chi connectivity index (χ4n) is 5.45. The van der Waals surface area contributed by atoms with Gasteiger partial charge in [-0.15, -0.1) is 40.5 Å². The number of pyridine rings is 2. The first kappa shape index (κ1) is 38.3. The maximum Gasteiger partial charge on any atom is 0.164 e. The Morgan fingerprint density at radius 2 is 1.51 bits per heavy atom. The van der Waals surface area contributed by atoms with Crippen molar-refractivity contribution in [3.05, 3.63) is 95.8 Å². The predicted octanol–water partition coefficient (Wildman–Crippen LogP) is 11.9. The summed E-state index contributed by atoms with van der Waals surface area (Å²) in [6.45, 7) is 18.8. The smallest absolute Gasteiger partial charge is 0.164 e. The van der Waals surface area contributed by atoms with Crippen molar-refractivity contribution in [1.82, 2.24) is 9.97 Å². The Balaban J connectivity index is 0.000000290. The van der Waals surface area contributed by atoms with Gasteiger partial charge in [0.25, 0.3) is 0 Å². The minimum absolute atomic E-state index is 0. The average molecular weight is 826 g/mol. The van der Waals surface area contributed by atoms with Gasteiger partial charge in [-0.3, -0.25) is 9.78 Å². The SMILES string of the molecule is CC(C)(C)c1cc(-c2cc(-c3cnc4sccc4c3)ccn2)[c-]c2ccccc12.CCC(C)(CC)C(=O)/C=C(\O)C(C)(CC)CC.[Ir]. The van der Waals surface area contributed by atoms with Crippen molar-refractivity contribution < 1.29 is 30.0 Å². The van der Waals surface area contributed by atoms with E-state index in [2.05, 4.69) is 90.7 Å². The minimum Gasteiger partial charge on any atom is -0.512 e. The number of rotatable bonds is 9. The van der Waals surface area contributed by atoms with Crippen molar-refractivity contribution in [3.8, 4) is 22.4 Å². The number of aliphatic hydroxyl groups excluding tert-OH is 1. The zero-order valence-corrected chi connectivity index (χ0v) is 32.5. The van der Waals surface area contributed by atoms with E-state index in [0.29, 0.717) is 0 Å². The Bertz CT molecular complexity index is 1840. The third kappa shape index (κ3) is 8.65. The molecule has 6 heteroatoms. The van der Waals surface area contributed by atoms with Crippen LogP contribution in [-0.2, 0) is 30.3 Å². The molecule has 0 atom stereocenters. The first-order valence-electron chi connectivity index (χ1n) is 16.5. The molecule has 0 aliphatic rings. The van der Waals surface area contributed by atoms with Crippen LogP contribution in [0.2, 0.25) is 0 Å². The van der Waals surface area contributed by atoms with Crippen LogP contribution in [0.3, 0.4) is 0 Å². The third-order valence-electron chi connectivity index (χ3n) is 9.86. The van der Waals surface area contributed by atoms with E-state index in [9.17, 15) is 9.90 Å². The van der Waals surface area contributed by atoms with E-state index >= 15 is 0 Å². The van der Waals surface area contributed by atoms with Crippen LogP contribution in [0.15, 0.2) is 84.2 Å². The number of thiophene rings is 1. The van der Waals surface area contributed by atoms with E-state index in [1.807, 2.05) is 60.0 Å². The molecule has 3 heterocycles. The van der Waals surface area contributed by atoms with Gasteiger partial charge >= 0.3 is 0 Å². The molecule has 5 aromatic rings. The van der Waals surface area contributed by atoms with Crippen molar-refractivity contribution in [1.29, 1.82) is 0 Å². The van der Waals surface area contributed by atoms with Crippen LogP contribution < -0.4 is 0 Å². The Morgan fingerprint density at radius 1 is 0.851 bits per heavy atom. The van der Waals surface area contributed by atoms with E-state index in [4.69, 9.17) is 0 Å². The standard InChI is InChI=1S/C26H21N2S.C15H28O2.Ir/c1-26(2,3)23-14-20(12-18-6-4-5-7-22(18)23)24-15-17(8-10-27-24)21-13-19-9-11-29-25(19)28-16-21;1-7-14(5,8-2)12(16)11-13(17)15(6,9-3)10-4;/h4-11,13-16H,1-3H3;11,16H,7-10H2,1-6H3;/q-1;;/b;12-11-;. The number of benzene rings is 2. The maximum absolute atomic E-state index is 12.2. The summed E-state index contributed by atoms with van der Waals surface area (Å²) in [6.07, 6.45) is 8.58. The number of carbonyl (C=O) groups excluding carboxylic acids is 1. The molecule has 0 fully saturated rings. The molecular formula is C41H49IrN2O2S-. The first-order chi connectivity index (χ1) is 21.8. The van der Waals surface area contributed by atoms with Crippen LogP contribution in [0.25, 0.3) is 43.4 Å². The predicted molar refractivity (Wildman–Crippen MR) is 196 cm³/mol. The van der Waals surface area contributed by atoms with Gasteiger partial charge in [0.2, 0.25) is 0 Å². The van der Waals surface area contributed by atoms with Gasteiger partial charge in [0.15, 0.2) is 5.78 Å². The molecule has 0 amide bonds. The molecule has 4 nitrogen and oxygen atoms in total. The molecule has 0 aliphatic heterocycles. The number of ketones is 1. The van der Waals surface area contributed by atoms with Crippen LogP contribution >= 0.6 is 11.3 Å². The molecule has 0 aliphatic carbocycles. The zero-order valence-electron chi connectivity index (χ0n) is 29.3. The van der Waals surface area contributed by atoms with Crippen molar-refractivity contribution in [2.24, 2.45) is 10.8 Å². The Morgan fingerprint density at radius 3 is 2.15 bits per heavy atom. The maximum atomic E-state index is 12.2. The Labute approximate surface area is 299 Å². The number of allylic oxidation sites excluding steroid dienone is 2. The van der Waals surface area contributed by atoms with Gasteiger partial charge in [0.05, 0.1) is 0 Å². The summed E-state index contributed by atoms with van der Waals surface area (Å²) in [4.78, 5) is 22.5. The number of aromatic nitrogens is 2. The molecule has 0 bridgehead atoms. The van der Waals surface area contributed by atoms with Crippen LogP contribution in [-0.4, -0.2) is 20.9 Å². The van der Waals surface area contributed by atoms with Crippen LogP contribution in [0.4, 0.5) is 0 Å². The summed E-state index contributed by atoms with van der Waals surface area (Å²) in [5, 5.41) is 15.8. The van der Waals surface area contributed by atoms with Crippen molar-refractivity contribution in [2.45, 2.75) is 93.4 Å². The van der Waals surface area contributed by atoms with Gasteiger partial charge < -0.3 is 5.11 Å². The second kappa shape index (κ2) is 15.8. The van der Waals surface area contributed by atoms with E-state index in [1.165, 1.54) is 22.4 Å². The van der Waals surface area contributed by atoms with Gasteiger partial charge in [0.1, 0.15) is 10.6 Å². The van der Waals surface area contributed by atoms with Crippen LogP contribution in [0, 0.1) is 16.9 Å². The molecule has 251 valence electrons. The molecule has 0 saturated heterocycles. The molecule has 2 aromatic carbocycles. The Hall–Kier alpha value is -3.18. The van der Waals surface area contributed by atoms with Gasteiger partial charge in [-0.1, -0.05) is 97.5 Å². The number of hydrogen-bond donors (Lipinski definition) is 1. The first-order valence-corrected chi connectivity index (χ1v) is 17.4. The van der Waals surface area contributed by atoms with E-state index in [1.54, 1.807) is 11.3 Å². The number of carbonyl (C=O) groups is 1. The number of nitrogens with zero attached hydrogens (tertiary/aromatic N) is 2. The van der Waals surface area contributed by atoms with E-state index in [0.717, 1.165) is 58.3 Å². The molecule has 1 N–H and O–H groups in total. The van der Waals surface area contributed by atoms with Crippen molar-refractivity contribution in [3.63, 3.8) is 0 Å². The molecule has 1 radical (unpaired) electrons. The number of hydrogen-bond acceptors (Lipinski definition) is 5. The molecular weight excluding hydrogens is 777 g/mol. The molecule has 0 unspecified atom stereocenters. The van der Waals surface area contributed by atoms with Crippen molar-refractivity contribution in [2.75, 3.05) is 0 Å². The van der Waals surface area contributed by atoms with Crippen LogP contribution in [0.1, 0.15) is 93.6 Å². The molecule has 0 saturated carbocycles. The van der Waals surface area contributed by atoms with Crippen LogP contribution in [0.5, 0.6) is 0 Å². The number of aliphatic hydroxyl groups is 1. The summed E-state index contributed by atoms with van der Waals surface area (Å²) >= 11 is 1.67. The minimum atomic E-state index is -0.337. The average Bonchev–Trinajstić information content (AvgIpc) is 3.55. The fraction of sp³-hybridized carbons (Fsp3) is 0.390. The second-order valence-electron chi connectivity index (χ2n) is 13.8. The fourth-order valence-corrected chi connectivity index (χ4v) is 6.17. The van der Waals surface area contributed by atoms with Gasteiger partial charge in [-0.05, 0) is 60.2 Å². The normalized spacial score (nSPS) is 12.4. The Kier molecular flexibility index (Phi) is 12.9. The summed E-state index contributed by atoms with van der Waals surface area (Å²) in [5.74, 6) is 0.286. The van der Waals surface area contributed by atoms with Gasteiger partial charge in [-0.2, -0.15) is 0 Å².